The molecule has 3 aromatic rings. The van der Waals surface area contributed by atoms with E-state index in [0.717, 1.165) is 24.5 Å². The molecule has 3 heterocycles. The van der Waals surface area contributed by atoms with E-state index in [1.807, 2.05) is 59.7 Å². The Balaban J connectivity index is 1.56. The molecule has 0 unspecified atom stereocenters. The van der Waals surface area contributed by atoms with Crippen LogP contribution in [-0.2, 0) is 0 Å². The van der Waals surface area contributed by atoms with Gasteiger partial charge in [-0.25, -0.2) is 15.0 Å². The van der Waals surface area contributed by atoms with Crippen LogP contribution in [0.4, 0.5) is 5.82 Å². The molecule has 142 valence electrons. The van der Waals surface area contributed by atoms with Gasteiger partial charge in [0.2, 0.25) is 0 Å². The number of carbonyl (C=O) groups excluding carboxylic acids is 1. The maximum atomic E-state index is 13.2. The molecule has 0 atom stereocenters. The standard InChI is InChI=1S/C21H21N5OS/c1-28-21-23-15-17(19(24-21)16-7-3-2-4-8-16)20(27)26-13-11-25(12-14-26)18-9-5-6-10-22-18/h2-10,15H,11-14H2,1H3. The number of thioether (sulfide) groups is 1. The number of pyridine rings is 1. The van der Waals surface area contributed by atoms with Crippen LogP contribution in [-0.4, -0.2) is 58.2 Å². The molecule has 1 fully saturated rings. The molecule has 1 saturated heterocycles. The van der Waals surface area contributed by atoms with Gasteiger partial charge < -0.3 is 9.80 Å². The predicted octanol–water partition coefficient (Wildman–Crippen LogP) is 3.22. The smallest absolute Gasteiger partial charge is 0.257 e. The second-order valence-electron chi connectivity index (χ2n) is 6.45. The molecule has 0 saturated carbocycles. The zero-order valence-electron chi connectivity index (χ0n) is 15.7. The van der Waals surface area contributed by atoms with Gasteiger partial charge in [-0.2, -0.15) is 0 Å². The Bertz CT molecular complexity index is 944. The maximum absolute atomic E-state index is 13.2. The average Bonchev–Trinajstić information content (AvgIpc) is 2.79. The fourth-order valence-electron chi connectivity index (χ4n) is 3.29. The van der Waals surface area contributed by atoms with Crippen molar-refractivity contribution in [2.45, 2.75) is 5.16 Å². The van der Waals surface area contributed by atoms with E-state index < -0.39 is 0 Å². The first-order valence-electron chi connectivity index (χ1n) is 9.18. The van der Waals surface area contributed by atoms with Crippen molar-refractivity contribution in [2.24, 2.45) is 0 Å². The van der Waals surface area contributed by atoms with Crippen LogP contribution >= 0.6 is 11.8 Å². The SMILES string of the molecule is CSc1ncc(C(=O)N2CCN(c3ccccn3)CC2)c(-c2ccccc2)n1. The molecule has 0 spiro atoms. The Hall–Kier alpha value is -2.93. The van der Waals surface area contributed by atoms with Gasteiger partial charge in [-0.1, -0.05) is 48.2 Å². The molecular formula is C21H21N5OS. The number of aromatic nitrogens is 3. The zero-order valence-corrected chi connectivity index (χ0v) is 16.5. The van der Waals surface area contributed by atoms with Crippen molar-refractivity contribution in [1.29, 1.82) is 0 Å². The van der Waals surface area contributed by atoms with E-state index in [-0.39, 0.29) is 5.91 Å². The number of benzene rings is 1. The lowest BCUT2D eigenvalue weighted by atomic mass is 10.1. The van der Waals surface area contributed by atoms with Gasteiger partial charge in [-0.3, -0.25) is 4.79 Å². The van der Waals surface area contributed by atoms with Crippen LogP contribution in [0, 0.1) is 0 Å². The molecule has 0 N–H and O–H groups in total. The lowest BCUT2D eigenvalue weighted by Crippen LogP contribution is -2.49. The van der Waals surface area contributed by atoms with Gasteiger partial charge in [0.25, 0.3) is 5.91 Å². The predicted molar refractivity (Wildman–Crippen MR) is 112 cm³/mol. The first kappa shape index (κ1) is 18.4. The largest absolute Gasteiger partial charge is 0.353 e. The van der Waals surface area contributed by atoms with Gasteiger partial charge in [0.15, 0.2) is 5.16 Å². The summed E-state index contributed by atoms with van der Waals surface area (Å²) in [5.41, 5.74) is 2.17. The summed E-state index contributed by atoms with van der Waals surface area (Å²) in [5.74, 6) is 0.930. The molecule has 28 heavy (non-hydrogen) atoms. The van der Waals surface area contributed by atoms with Gasteiger partial charge in [0.1, 0.15) is 5.82 Å². The number of anilines is 1. The lowest BCUT2D eigenvalue weighted by Gasteiger charge is -2.35. The van der Waals surface area contributed by atoms with E-state index in [1.54, 1.807) is 12.4 Å². The summed E-state index contributed by atoms with van der Waals surface area (Å²) in [4.78, 5) is 30.7. The highest BCUT2D eigenvalue weighted by Crippen LogP contribution is 2.25. The second kappa shape index (κ2) is 8.39. The van der Waals surface area contributed by atoms with Crippen LogP contribution in [0.1, 0.15) is 10.4 Å². The Morgan fingerprint density at radius 2 is 1.71 bits per heavy atom. The molecule has 2 aromatic heterocycles. The highest BCUT2D eigenvalue weighted by atomic mass is 32.2. The highest BCUT2D eigenvalue weighted by molar-refractivity contribution is 7.98. The van der Waals surface area contributed by atoms with Crippen LogP contribution < -0.4 is 4.90 Å². The summed E-state index contributed by atoms with van der Waals surface area (Å²) >= 11 is 1.47. The van der Waals surface area contributed by atoms with Crippen molar-refractivity contribution >= 4 is 23.5 Å². The highest BCUT2D eigenvalue weighted by Gasteiger charge is 2.26. The minimum Gasteiger partial charge on any atom is -0.353 e. The third kappa shape index (κ3) is 3.84. The fourth-order valence-corrected chi connectivity index (χ4v) is 3.63. The summed E-state index contributed by atoms with van der Waals surface area (Å²) in [6.45, 7) is 2.81. The van der Waals surface area contributed by atoms with E-state index in [9.17, 15) is 4.79 Å². The molecule has 7 heteroatoms. The number of rotatable bonds is 4. The van der Waals surface area contributed by atoms with Gasteiger partial charge in [0, 0.05) is 44.1 Å². The number of nitrogens with zero attached hydrogens (tertiary/aromatic N) is 5. The topological polar surface area (TPSA) is 62.2 Å². The first-order valence-corrected chi connectivity index (χ1v) is 10.4. The minimum atomic E-state index is -0.0211. The molecule has 1 aromatic carbocycles. The van der Waals surface area contributed by atoms with Gasteiger partial charge in [-0.15, -0.1) is 0 Å². The second-order valence-corrected chi connectivity index (χ2v) is 7.23. The Morgan fingerprint density at radius 1 is 0.964 bits per heavy atom. The zero-order chi connectivity index (χ0) is 19.3. The van der Waals surface area contributed by atoms with Crippen LogP contribution in [0.2, 0.25) is 0 Å². The van der Waals surface area contributed by atoms with Crippen LogP contribution in [0.3, 0.4) is 0 Å². The summed E-state index contributed by atoms with van der Waals surface area (Å²) in [6, 6.07) is 15.7. The van der Waals surface area contributed by atoms with E-state index in [4.69, 9.17) is 0 Å². The molecule has 0 radical (unpaired) electrons. The maximum Gasteiger partial charge on any atom is 0.257 e. The Morgan fingerprint density at radius 3 is 2.39 bits per heavy atom. The number of hydrogen-bond donors (Lipinski definition) is 0. The van der Waals surface area contributed by atoms with Crippen LogP contribution in [0.15, 0.2) is 66.1 Å². The van der Waals surface area contributed by atoms with Crippen molar-refractivity contribution in [1.82, 2.24) is 19.9 Å². The third-order valence-electron chi connectivity index (χ3n) is 4.77. The van der Waals surface area contributed by atoms with Crippen molar-refractivity contribution in [3.8, 4) is 11.3 Å². The van der Waals surface area contributed by atoms with E-state index in [2.05, 4.69) is 19.9 Å². The number of carbonyl (C=O) groups is 1. The third-order valence-corrected chi connectivity index (χ3v) is 5.33. The minimum absolute atomic E-state index is 0.0211. The van der Waals surface area contributed by atoms with Crippen LogP contribution in [0.25, 0.3) is 11.3 Å². The summed E-state index contributed by atoms with van der Waals surface area (Å²) in [7, 11) is 0. The summed E-state index contributed by atoms with van der Waals surface area (Å²) < 4.78 is 0. The molecular weight excluding hydrogens is 370 g/mol. The van der Waals surface area contributed by atoms with Crippen molar-refractivity contribution in [2.75, 3.05) is 37.3 Å². The molecule has 1 aliphatic rings. The molecule has 0 bridgehead atoms. The lowest BCUT2D eigenvalue weighted by molar-refractivity contribution is 0.0746. The summed E-state index contributed by atoms with van der Waals surface area (Å²) in [5, 5.41) is 0.662. The van der Waals surface area contributed by atoms with E-state index in [1.165, 1.54) is 11.8 Å². The number of hydrogen-bond acceptors (Lipinski definition) is 6. The quantitative estimate of drug-likeness (QED) is 0.503. The van der Waals surface area contributed by atoms with Gasteiger partial charge >= 0.3 is 0 Å². The Kier molecular flexibility index (Phi) is 5.53. The van der Waals surface area contributed by atoms with Gasteiger partial charge in [-0.05, 0) is 18.4 Å². The van der Waals surface area contributed by atoms with Crippen molar-refractivity contribution < 1.29 is 4.79 Å². The first-order chi connectivity index (χ1) is 13.8. The van der Waals surface area contributed by atoms with Crippen LogP contribution in [0.5, 0.6) is 0 Å². The molecule has 0 aliphatic carbocycles. The number of amides is 1. The molecule has 1 amide bonds. The van der Waals surface area contributed by atoms with Gasteiger partial charge in [0.05, 0.1) is 11.3 Å². The van der Waals surface area contributed by atoms with E-state index in [0.29, 0.717) is 29.5 Å². The fraction of sp³-hybridized carbons (Fsp3) is 0.238. The molecule has 6 nitrogen and oxygen atoms in total. The summed E-state index contributed by atoms with van der Waals surface area (Å²) in [6.07, 6.45) is 5.39. The molecule has 1 aliphatic heterocycles. The normalized spacial score (nSPS) is 14.2. The van der Waals surface area contributed by atoms with Crippen molar-refractivity contribution in [3.05, 3.63) is 66.5 Å². The molecule has 4 rings (SSSR count). The Labute approximate surface area is 168 Å². The van der Waals surface area contributed by atoms with E-state index >= 15 is 0 Å². The monoisotopic (exact) mass is 391 g/mol. The number of piperazine rings is 1. The van der Waals surface area contributed by atoms with Crippen molar-refractivity contribution in [3.63, 3.8) is 0 Å². The average molecular weight is 392 g/mol.